The third-order valence-corrected chi connectivity index (χ3v) is 3.32. The Morgan fingerprint density at radius 3 is 2.91 bits per heavy atom. The maximum absolute atomic E-state index is 5.80. The van der Waals surface area contributed by atoms with Crippen molar-refractivity contribution in [2.75, 3.05) is 5.73 Å². The highest BCUT2D eigenvalue weighted by atomic mass is 15.5. The smallest absolute Gasteiger partial charge is 0.178 e. The van der Waals surface area contributed by atoms with Gasteiger partial charge in [-0.1, -0.05) is 35.5 Å². The van der Waals surface area contributed by atoms with Crippen molar-refractivity contribution in [2.24, 2.45) is 0 Å². The standard InChI is InChI=1S/C14H12N8/c15-12-6-10(13-14(17-12)19-21-18-13)8-22-16-7-11(20-22)9-4-2-1-3-5-9/h1-7H,8H2,(H3,15,17,18,19,21). The molecule has 0 spiro atoms. The third-order valence-electron chi connectivity index (χ3n) is 3.32. The second kappa shape index (κ2) is 4.92. The van der Waals surface area contributed by atoms with E-state index in [9.17, 15) is 0 Å². The number of anilines is 1. The van der Waals surface area contributed by atoms with E-state index < -0.39 is 0 Å². The molecule has 1 aromatic carbocycles. The number of H-pyrrole nitrogens is 1. The predicted octanol–water partition coefficient (Wildman–Crippen LogP) is 1.24. The summed E-state index contributed by atoms with van der Waals surface area (Å²) in [6.45, 7) is 0.447. The zero-order chi connectivity index (χ0) is 14.9. The van der Waals surface area contributed by atoms with Crippen LogP contribution in [0.2, 0.25) is 0 Å². The van der Waals surface area contributed by atoms with Crippen molar-refractivity contribution in [2.45, 2.75) is 6.54 Å². The maximum atomic E-state index is 5.80. The first-order valence-electron chi connectivity index (χ1n) is 6.71. The number of nitrogens with zero attached hydrogens (tertiary/aromatic N) is 6. The molecule has 4 rings (SSSR count). The SMILES string of the molecule is Nc1cc(Cn2ncc(-c3ccccc3)n2)c2nn[nH]c2n1. The van der Waals surface area contributed by atoms with Crippen molar-refractivity contribution in [1.82, 2.24) is 35.4 Å². The molecule has 0 aliphatic heterocycles. The number of hydrogen-bond acceptors (Lipinski definition) is 6. The fourth-order valence-electron chi connectivity index (χ4n) is 2.31. The minimum Gasteiger partial charge on any atom is -0.384 e. The predicted molar refractivity (Wildman–Crippen MR) is 80.7 cm³/mol. The number of aromatic nitrogens is 7. The van der Waals surface area contributed by atoms with Gasteiger partial charge < -0.3 is 5.73 Å². The first-order chi connectivity index (χ1) is 10.8. The summed E-state index contributed by atoms with van der Waals surface area (Å²) in [5.74, 6) is 0.406. The molecule has 3 heterocycles. The van der Waals surface area contributed by atoms with Crippen LogP contribution in [-0.4, -0.2) is 35.4 Å². The molecule has 0 saturated heterocycles. The molecule has 8 nitrogen and oxygen atoms in total. The normalized spacial score (nSPS) is 11.1. The van der Waals surface area contributed by atoms with Crippen LogP contribution in [-0.2, 0) is 6.54 Å². The second-order valence-electron chi connectivity index (χ2n) is 4.84. The fourth-order valence-corrected chi connectivity index (χ4v) is 2.31. The number of pyridine rings is 1. The van der Waals surface area contributed by atoms with Crippen molar-refractivity contribution in [3.8, 4) is 11.3 Å². The number of nitrogens with one attached hydrogen (secondary N) is 1. The Kier molecular flexibility index (Phi) is 2.78. The van der Waals surface area contributed by atoms with E-state index in [4.69, 9.17) is 5.73 Å². The number of benzene rings is 1. The summed E-state index contributed by atoms with van der Waals surface area (Å²) >= 11 is 0. The largest absolute Gasteiger partial charge is 0.384 e. The minimum absolute atomic E-state index is 0.406. The van der Waals surface area contributed by atoms with E-state index in [1.54, 1.807) is 17.1 Å². The van der Waals surface area contributed by atoms with Crippen LogP contribution in [0.25, 0.3) is 22.4 Å². The fraction of sp³-hybridized carbons (Fsp3) is 0.0714. The molecule has 0 fully saturated rings. The van der Waals surface area contributed by atoms with E-state index >= 15 is 0 Å². The van der Waals surface area contributed by atoms with Gasteiger partial charge >= 0.3 is 0 Å². The van der Waals surface area contributed by atoms with Crippen LogP contribution in [0.3, 0.4) is 0 Å². The first kappa shape index (κ1) is 12.5. The number of rotatable bonds is 3. The Morgan fingerprint density at radius 1 is 1.18 bits per heavy atom. The van der Waals surface area contributed by atoms with Crippen molar-refractivity contribution >= 4 is 17.0 Å². The lowest BCUT2D eigenvalue weighted by molar-refractivity contribution is 0.594. The zero-order valence-corrected chi connectivity index (χ0v) is 11.5. The Bertz CT molecular complexity index is 924. The van der Waals surface area contributed by atoms with Crippen molar-refractivity contribution < 1.29 is 0 Å². The van der Waals surface area contributed by atoms with E-state index in [-0.39, 0.29) is 0 Å². The van der Waals surface area contributed by atoms with E-state index in [0.29, 0.717) is 23.5 Å². The highest BCUT2D eigenvalue weighted by molar-refractivity contribution is 5.75. The molecular weight excluding hydrogens is 280 g/mol. The van der Waals surface area contributed by atoms with Gasteiger partial charge in [0.25, 0.3) is 0 Å². The average molecular weight is 292 g/mol. The topological polar surface area (TPSA) is 111 Å². The van der Waals surface area contributed by atoms with Crippen LogP contribution >= 0.6 is 0 Å². The lowest BCUT2D eigenvalue weighted by Gasteiger charge is -2.02. The van der Waals surface area contributed by atoms with Crippen LogP contribution in [0.1, 0.15) is 5.56 Å². The summed E-state index contributed by atoms with van der Waals surface area (Å²) in [5, 5.41) is 19.3. The van der Waals surface area contributed by atoms with Gasteiger partial charge in [-0.25, -0.2) is 10.1 Å². The number of fused-ring (bicyclic) bond motifs is 1. The molecule has 0 bridgehead atoms. The van der Waals surface area contributed by atoms with Crippen LogP contribution in [0.4, 0.5) is 5.82 Å². The lowest BCUT2D eigenvalue weighted by Crippen LogP contribution is -2.06. The lowest BCUT2D eigenvalue weighted by atomic mass is 10.2. The monoisotopic (exact) mass is 292 g/mol. The van der Waals surface area contributed by atoms with Gasteiger partial charge in [0.15, 0.2) is 5.65 Å². The van der Waals surface area contributed by atoms with E-state index in [1.807, 2.05) is 30.3 Å². The molecule has 0 amide bonds. The molecule has 3 aromatic heterocycles. The molecular formula is C14H12N8. The summed E-state index contributed by atoms with van der Waals surface area (Å²) in [5.41, 5.74) is 9.74. The van der Waals surface area contributed by atoms with Crippen LogP contribution < -0.4 is 5.73 Å². The van der Waals surface area contributed by atoms with Gasteiger partial charge in [0.05, 0.1) is 12.7 Å². The molecule has 3 N–H and O–H groups in total. The van der Waals surface area contributed by atoms with E-state index in [2.05, 4.69) is 30.6 Å². The second-order valence-corrected chi connectivity index (χ2v) is 4.84. The van der Waals surface area contributed by atoms with Gasteiger partial charge in [-0.15, -0.1) is 5.10 Å². The molecule has 22 heavy (non-hydrogen) atoms. The molecule has 108 valence electrons. The Balaban J connectivity index is 1.69. The van der Waals surface area contributed by atoms with Crippen LogP contribution in [0.5, 0.6) is 0 Å². The number of nitrogen functional groups attached to an aromatic ring is 1. The molecule has 0 unspecified atom stereocenters. The molecule has 0 aliphatic carbocycles. The van der Waals surface area contributed by atoms with Crippen molar-refractivity contribution in [3.63, 3.8) is 0 Å². The van der Waals surface area contributed by atoms with E-state index in [0.717, 1.165) is 16.8 Å². The third kappa shape index (κ3) is 2.16. The van der Waals surface area contributed by atoms with Crippen LogP contribution in [0, 0.1) is 0 Å². The van der Waals surface area contributed by atoms with Gasteiger partial charge in [-0.2, -0.15) is 15.0 Å². The van der Waals surface area contributed by atoms with Crippen LogP contribution in [0.15, 0.2) is 42.6 Å². The quantitative estimate of drug-likeness (QED) is 0.587. The van der Waals surface area contributed by atoms with Gasteiger partial charge in [0, 0.05) is 11.1 Å². The summed E-state index contributed by atoms with van der Waals surface area (Å²) in [6.07, 6.45) is 1.74. The molecule has 0 atom stereocenters. The molecule has 4 aromatic rings. The van der Waals surface area contributed by atoms with Crippen molar-refractivity contribution in [3.05, 3.63) is 48.2 Å². The van der Waals surface area contributed by atoms with Gasteiger partial charge in [0.1, 0.15) is 17.0 Å². The molecule has 0 saturated carbocycles. The van der Waals surface area contributed by atoms with Gasteiger partial charge in [-0.05, 0) is 6.07 Å². The first-order valence-corrected chi connectivity index (χ1v) is 6.71. The minimum atomic E-state index is 0.406. The number of aromatic amines is 1. The summed E-state index contributed by atoms with van der Waals surface area (Å²) < 4.78 is 0. The van der Waals surface area contributed by atoms with Gasteiger partial charge in [-0.3, -0.25) is 0 Å². The molecule has 0 aliphatic rings. The molecule has 0 radical (unpaired) electrons. The van der Waals surface area contributed by atoms with E-state index in [1.165, 1.54) is 0 Å². The summed E-state index contributed by atoms with van der Waals surface area (Å²) in [6, 6.07) is 11.7. The summed E-state index contributed by atoms with van der Waals surface area (Å²) in [7, 11) is 0. The Hall–Kier alpha value is -3.29. The Morgan fingerprint density at radius 2 is 2.05 bits per heavy atom. The van der Waals surface area contributed by atoms with Crippen molar-refractivity contribution in [1.29, 1.82) is 0 Å². The van der Waals surface area contributed by atoms with Gasteiger partial charge in [0.2, 0.25) is 0 Å². The maximum Gasteiger partial charge on any atom is 0.178 e. The average Bonchev–Trinajstić information content (AvgIpc) is 3.17. The highest BCUT2D eigenvalue weighted by Crippen LogP contribution is 2.18. The number of hydrogen-bond donors (Lipinski definition) is 2. The Labute approximate surface area is 125 Å². The molecule has 8 heteroatoms. The summed E-state index contributed by atoms with van der Waals surface area (Å²) in [4.78, 5) is 5.74. The zero-order valence-electron chi connectivity index (χ0n) is 11.5. The highest BCUT2D eigenvalue weighted by Gasteiger charge is 2.10. The number of nitrogens with two attached hydrogens (primary N) is 1.